The second kappa shape index (κ2) is 6.13. The Morgan fingerprint density at radius 3 is 2.20 bits per heavy atom. The number of benzene rings is 1. The van der Waals surface area contributed by atoms with Crippen LogP contribution < -0.4 is 20.1 Å². The Kier molecular flexibility index (Phi) is 4.49. The van der Waals surface area contributed by atoms with Gasteiger partial charge in [0, 0.05) is 17.2 Å². The van der Waals surface area contributed by atoms with E-state index >= 15 is 0 Å². The number of piperidine rings is 1. The molecule has 1 heterocycles. The van der Waals surface area contributed by atoms with Crippen molar-refractivity contribution in [3.05, 3.63) is 23.8 Å². The number of nitrogens with one attached hydrogen (secondary N) is 2. The monoisotopic (exact) mass is 278 g/mol. The molecule has 0 aromatic heterocycles. The zero-order valence-corrected chi connectivity index (χ0v) is 12.3. The fraction of sp³-hybridized carbons (Fsp3) is 0.533. The van der Waals surface area contributed by atoms with Crippen molar-refractivity contribution in [3.63, 3.8) is 0 Å². The van der Waals surface area contributed by atoms with Crippen LogP contribution in [-0.2, 0) is 0 Å². The fourth-order valence-corrected chi connectivity index (χ4v) is 2.39. The highest BCUT2D eigenvalue weighted by atomic mass is 16.5. The topological polar surface area (TPSA) is 59.6 Å². The molecule has 1 aromatic carbocycles. The van der Waals surface area contributed by atoms with Gasteiger partial charge in [-0.05, 0) is 45.0 Å². The number of carbonyl (C=O) groups excluding carboxylic acids is 1. The van der Waals surface area contributed by atoms with E-state index < -0.39 is 0 Å². The van der Waals surface area contributed by atoms with Crippen LogP contribution in [0.5, 0.6) is 11.5 Å². The lowest BCUT2D eigenvalue weighted by Crippen LogP contribution is -2.52. The van der Waals surface area contributed by atoms with Crippen LogP contribution in [0.25, 0.3) is 0 Å². The van der Waals surface area contributed by atoms with E-state index in [9.17, 15) is 4.79 Å². The zero-order chi connectivity index (χ0) is 14.6. The molecule has 0 bridgehead atoms. The van der Waals surface area contributed by atoms with Crippen molar-refractivity contribution < 1.29 is 14.3 Å². The molecule has 1 aliphatic rings. The minimum atomic E-state index is -0.154. The summed E-state index contributed by atoms with van der Waals surface area (Å²) in [4.78, 5) is 12.4. The van der Waals surface area contributed by atoms with Crippen molar-refractivity contribution in [3.8, 4) is 11.5 Å². The van der Waals surface area contributed by atoms with Crippen LogP contribution in [0, 0.1) is 0 Å². The van der Waals surface area contributed by atoms with E-state index in [0.29, 0.717) is 17.1 Å². The van der Waals surface area contributed by atoms with Crippen LogP contribution in [0.2, 0.25) is 0 Å². The van der Waals surface area contributed by atoms with Crippen molar-refractivity contribution in [2.75, 3.05) is 27.3 Å². The van der Waals surface area contributed by atoms with E-state index in [2.05, 4.69) is 17.6 Å². The van der Waals surface area contributed by atoms with Gasteiger partial charge in [0.25, 0.3) is 5.91 Å². The average Bonchev–Trinajstić information content (AvgIpc) is 2.46. The third-order valence-electron chi connectivity index (χ3n) is 3.74. The Balaban J connectivity index is 2.15. The van der Waals surface area contributed by atoms with Gasteiger partial charge >= 0.3 is 0 Å². The molecule has 1 amide bonds. The number of methoxy groups -OCH3 is 2. The Morgan fingerprint density at radius 1 is 1.15 bits per heavy atom. The minimum absolute atomic E-state index is 0.0911. The third-order valence-corrected chi connectivity index (χ3v) is 3.74. The Hall–Kier alpha value is -1.75. The molecule has 2 rings (SSSR count). The fourth-order valence-electron chi connectivity index (χ4n) is 2.39. The first-order valence-corrected chi connectivity index (χ1v) is 6.83. The average molecular weight is 278 g/mol. The number of amides is 1. The maximum absolute atomic E-state index is 12.4. The summed E-state index contributed by atoms with van der Waals surface area (Å²) in [6.45, 7) is 3.94. The van der Waals surface area contributed by atoms with Crippen LogP contribution in [0.15, 0.2) is 18.2 Å². The van der Waals surface area contributed by atoms with Gasteiger partial charge in [-0.2, -0.15) is 0 Å². The highest BCUT2D eigenvalue weighted by Gasteiger charge is 2.28. The number of ether oxygens (including phenoxy) is 2. The lowest BCUT2D eigenvalue weighted by Gasteiger charge is -2.35. The van der Waals surface area contributed by atoms with Crippen LogP contribution in [0.1, 0.15) is 30.1 Å². The van der Waals surface area contributed by atoms with E-state index in [0.717, 1.165) is 25.9 Å². The first-order chi connectivity index (χ1) is 9.56. The number of hydrogen-bond donors (Lipinski definition) is 2. The molecular weight excluding hydrogens is 256 g/mol. The summed E-state index contributed by atoms with van der Waals surface area (Å²) >= 11 is 0. The molecule has 1 aliphatic heterocycles. The first-order valence-electron chi connectivity index (χ1n) is 6.83. The van der Waals surface area contributed by atoms with Crippen molar-refractivity contribution in [2.24, 2.45) is 0 Å². The molecule has 0 unspecified atom stereocenters. The van der Waals surface area contributed by atoms with Crippen LogP contribution in [0.3, 0.4) is 0 Å². The van der Waals surface area contributed by atoms with Gasteiger partial charge in [0.2, 0.25) is 0 Å². The molecule has 5 nitrogen and oxygen atoms in total. The Bertz CT molecular complexity index is 460. The van der Waals surface area contributed by atoms with E-state index in [1.165, 1.54) is 0 Å². The van der Waals surface area contributed by atoms with Crippen LogP contribution in [-0.4, -0.2) is 38.8 Å². The Labute approximate surface area is 119 Å². The van der Waals surface area contributed by atoms with Gasteiger partial charge in [-0.25, -0.2) is 0 Å². The molecule has 20 heavy (non-hydrogen) atoms. The molecule has 0 spiro atoms. The lowest BCUT2D eigenvalue weighted by atomic mass is 9.90. The predicted octanol–water partition coefficient (Wildman–Crippen LogP) is 1.58. The van der Waals surface area contributed by atoms with Crippen molar-refractivity contribution >= 4 is 5.91 Å². The van der Waals surface area contributed by atoms with E-state index in [1.807, 2.05) is 0 Å². The van der Waals surface area contributed by atoms with E-state index in [4.69, 9.17) is 9.47 Å². The standard InChI is InChI=1S/C15H22N2O3/c1-15(4-6-16-7-5-15)17-14(18)11-8-12(19-2)10-13(9-11)20-3/h8-10,16H,4-7H2,1-3H3,(H,17,18). The van der Waals surface area contributed by atoms with E-state index in [1.54, 1.807) is 32.4 Å². The summed E-state index contributed by atoms with van der Waals surface area (Å²) in [7, 11) is 3.15. The highest BCUT2D eigenvalue weighted by molar-refractivity contribution is 5.95. The van der Waals surface area contributed by atoms with Gasteiger partial charge < -0.3 is 20.1 Å². The normalized spacial score (nSPS) is 17.4. The molecule has 1 fully saturated rings. The molecule has 110 valence electrons. The molecule has 1 saturated heterocycles. The molecule has 5 heteroatoms. The quantitative estimate of drug-likeness (QED) is 0.878. The second-order valence-electron chi connectivity index (χ2n) is 5.37. The van der Waals surface area contributed by atoms with Crippen molar-refractivity contribution in [1.29, 1.82) is 0 Å². The number of hydrogen-bond acceptors (Lipinski definition) is 4. The summed E-state index contributed by atoms with van der Waals surface area (Å²) in [6, 6.07) is 5.20. The van der Waals surface area contributed by atoms with Crippen LogP contribution in [0.4, 0.5) is 0 Å². The van der Waals surface area contributed by atoms with Gasteiger partial charge in [0.05, 0.1) is 14.2 Å². The minimum Gasteiger partial charge on any atom is -0.497 e. The van der Waals surface area contributed by atoms with Crippen LogP contribution >= 0.6 is 0 Å². The highest BCUT2D eigenvalue weighted by Crippen LogP contribution is 2.24. The molecular formula is C15H22N2O3. The SMILES string of the molecule is COc1cc(OC)cc(C(=O)NC2(C)CCNCC2)c1. The molecule has 0 radical (unpaired) electrons. The smallest absolute Gasteiger partial charge is 0.251 e. The second-order valence-corrected chi connectivity index (χ2v) is 5.37. The molecule has 0 aliphatic carbocycles. The summed E-state index contributed by atoms with van der Waals surface area (Å²) in [6.07, 6.45) is 1.86. The summed E-state index contributed by atoms with van der Waals surface area (Å²) in [5.74, 6) is 1.14. The zero-order valence-electron chi connectivity index (χ0n) is 12.3. The maximum atomic E-state index is 12.4. The van der Waals surface area contributed by atoms with Crippen molar-refractivity contribution in [2.45, 2.75) is 25.3 Å². The summed E-state index contributed by atoms with van der Waals surface area (Å²) in [5, 5.41) is 6.42. The lowest BCUT2D eigenvalue weighted by molar-refractivity contribution is 0.0887. The molecule has 2 N–H and O–H groups in total. The summed E-state index contributed by atoms with van der Waals surface area (Å²) < 4.78 is 10.4. The summed E-state index contributed by atoms with van der Waals surface area (Å²) in [5.41, 5.74) is 0.402. The van der Waals surface area contributed by atoms with E-state index in [-0.39, 0.29) is 11.4 Å². The van der Waals surface area contributed by atoms with Crippen molar-refractivity contribution in [1.82, 2.24) is 10.6 Å². The van der Waals surface area contributed by atoms with Gasteiger partial charge in [-0.3, -0.25) is 4.79 Å². The predicted molar refractivity (Wildman–Crippen MR) is 77.5 cm³/mol. The number of carbonyl (C=O) groups is 1. The maximum Gasteiger partial charge on any atom is 0.251 e. The molecule has 1 aromatic rings. The first kappa shape index (κ1) is 14.7. The molecule has 0 atom stereocenters. The third kappa shape index (κ3) is 3.42. The van der Waals surface area contributed by atoms with Gasteiger partial charge in [-0.15, -0.1) is 0 Å². The van der Waals surface area contributed by atoms with Gasteiger partial charge in [0.15, 0.2) is 0 Å². The number of rotatable bonds is 4. The Morgan fingerprint density at radius 2 is 1.70 bits per heavy atom. The van der Waals surface area contributed by atoms with Gasteiger partial charge in [0.1, 0.15) is 11.5 Å². The molecule has 0 saturated carbocycles. The largest absolute Gasteiger partial charge is 0.497 e. The van der Waals surface area contributed by atoms with Gasteiger partial charge in [-0.1, -0.05) is 0 Å².